The summed E-state index contributed by atoms with van der Waals surface area (Å²) in [5, 5.41) is 0. The normalized spacial score (nSPS) is 26.3. The maximum atomic E-state index is 5.60. The van der Waals surface area contributed by atoms with Gasteiger partial charge in [-0.25, -0.2) is 0 Å². The molecule has 0 aromatic heterocycles. The summed E-state index contributed by atoms with van der Waals surface area (Å²) in [4.78, 5) is 0. The third kappa shape index (κ3) is 2.49. The van der Waals surface area contributed by atoms with Crippen molar-refractivity contribution in [1.82, 2.24) is 0 Å². The van der Waals surface area contributed by atoms with Crippen LogP contribution in [-0.4, -0.2) is 20.3 Å². The first kappa shape index (κ1) is 10.5. The van der Waals surface area contributed by atoms with Crippen molar-refractivity contribution < 1.29 is 14.2 Å². The molecule has 1 aliphatic heterocycles. The second-order valence-electron chi connectivity index (χ2n) is 3.88. The van der Waals surface area contributed by atoms with E-state index in [0.717, 1.165) is 24.5 Å². The van der Waals surface area contributed by atoms with Gasteiger partial charge in [-0.2, -0.15) is 0 Å². The van der Waals surface area contributed by atoms with Crippen LogP contribution in [0.25, 0.3) is 0 Å². The van der Waals surface area contributed by atoms with E-state index in [1.54, 1.807) is 7.11 Å². The predicted molar refractivity (Wildman–Crippen MR) is 56.8 cm³/mol. The lowest BCUT2D eigenvalue weighted by Crippen LogP contribution is -2.24. The van der Waals surface area contributed by atoms with Gasteiger partial charge in [-0.15, -0.1) is 0 Å². The van der Waals surface area contributed by atoms with Gasteiger partial charge >= 0.3 is 0 Å². The highest BCUT2D eigenvalue weighted by atomic mass is 16.7. The molecule has 0 atom stereocenters. The van der Waals surface area contributed by atoms with Gasteiger partial charge in [-0.3, -0.25) is 0 Å². The van der Waals surface area contributed by atoms with Gasteiger partial charge in [0.15, 0.2) is 6.29 Å². The number of hydrogen-bond donors (Lipinski definition) is 0. The number of benzene rings is 1. The van der Waals surface area contributed by atoms with Crippen molar-refractivity contribution in [3.05, 3.63) is 29.8 Å². The number of methoxy groups -OCH3 is 1. The van der Waals surface area contributed by atoms with Gasteiger partial charge in [0.25, 0.3) is 0 Å². The zero-order valence-corrected chi connectivity index (χ0v) is 9.10. The molecule has 15 heavy (non-hydrogen) atoms. The first-order valence-electron chi connectivity index (χ1n) is 5.17. The molecule has 1 aliphatic rings. The van der Waals surface area contributed by atoms with E-state index in [-0.39, 0.29) is 6.29 Å². The second-order valence-corrected chi connectivity index (χ2v) is 3.88. The molecule has 0 spiro atoms. The Labute approximate surface area is 90.0 Å². The Morgan fingerprint density at radius 1 is 1.27 bits per heavy atom. The number of rotatable bonds is 2. The second kappa shape index (κ2) is 4.64. The Morgan fingerprint density at radius 2 is 2.00 bits per heavy atom. The molecular formula is C12H16O3. The highest BCUT2D eigenvalue weighted by Gasteiger charge is 2.20. The van der Waals surface area contributed by atoms with Gasteiger partial charge in [0.2, 0.25) is 0 Å². The van der Waals surface area contributed by atoms with Crippen molar-refractivity contribution >= 4 is 0 Å². The average molecular weight is 208 g/mol. The zero-order chi connectivity index (χ0) is 10.7. The standard InChI is InChI=1S/C12H16O3/c1-9-7-14-12(15-8-9)10-4-3-5-11(6-10)13-2/h3-6,9,12H,7-8H2,1-2H3. The van der Waals surface area contributed by atoms with Crippen molar-refractivity contribution in [2.24, 2.45) is 5.92 Å². The molecule has 3 heteroatoms. The van der Waals surface area contributed by atoms with Crippen LogP contribution >= 0.6 is 0 Å². The van der Waals surface area contributed by atoms with Crippen LogP contribution in [0, 0.1) is 5.92 Å². The smallest absolute Gasteiger partial charge is 0.183 e. The Bertz CT molecular complexity index is 316. The minimum atomic E-state index is -0.240. The average Bonchev–Trinajstić information content (AvgIpc) is 2.30. The maximum Gasteiger partial charge on any atom is 0.183 e. The Kier molecular flexibility index (Phi) is 3.23. The lowest BCUT2D eigenvalue weighted by molar-refractivity contribution is -0.202. The zero-order valence-electron chi connectivity index (χ0n) is 9.10. The molecule has 0 N–H and O–H groups in total. The van der Waals surface area contributed by atoms with Crippen molar-refractivity contribution in [2.75, 3.05) is 20.3 Å². The highest BCUT2D eigenvalue weighted by Crippen LogP contribution is 2.27. The molecule has 1 aromatic carbocycles. The Morgan fingerprint density at radius 3 is 2.67 bits per heavy atom. The monoisotopic (exact) mass is 208 g/mol. The van der Waals surface area contributed by atoms with Crippen molar-refractivity contribution in [2.45, 2.75) is 13.2 Å². The van der Waals surface area contributed by atoms with Crippen molar-refractivity contribution in [1.29, 1.82) is 0 Å². The molecule has 1 aromatic rings. The third-order valence-corrected chi connectivity index (χ3v) is 2.43. The first-order chi connectivity index (χ1) is 7.29. The lowest BCUT2D eigenvalue weighted by Gasteiger charge is -2.27. The number of hydrogen-bond acceptors (Lipinski definition) is 3. The van der Waals surface area contributed by atoms with Gasteiger partial charge in [0.05, 0.1) is 20.3 Å². The van der Waals surface area contributed by atoms with Crippen molar-refractivity contribution in [3.8, 4) is 5.75 Å². The molecule has 0 unspecified atom stereocenters. The van der Waals surface area contributed by atoms with Crippen LogP contribution in [0.3, 0.4) is 0 Å². The molecule has 2 rings (SSSR count). The molecular weight excluding hydrogens is 192 g/mol. The highest BCUT2D eigenvalue weighted by molar-refractivity contribution is 5.29. The molecule has 82 valence electrons. The van der Waals surface area contributed by atoms with E-state index in [1.807, 2.05) is 24.3 Å². The Hall–Kier alpha value is -1.06. The van der Waals surface area contributed by atoms with Crippen LogP contribution in [0.4, 0.5) is 0 Å². The molecule has 1 fully saturated rings. The fourth-order valence-electron chi connectivity index (χ4n) is 1.58. The fourth-order valence-corrected chi connectivity index (χ4v) is 1.58. The largest absolute Gasteiger partial charge is 0.497 e. The summed E-state index contributed by atoms with van der Waals surface area (Å²) in [7, 11) is 1.66. The topological polar surface area (TPSA) is 27.7 Å². The summed E-state index contributed by atoms with van der Waals surface area (Å²) in [6.07, 6.45) is -0.240. The van der Waals surface area contributed by atoms with Crippen LogP contribution in [0.5, 0.6) is 5.75 Å². The predicted octanol–water partition coefficient (Wildman–Crippen LogP) is 2.38. The molecule has 1 saturated heterocycles. The summed E-state index contributed by atoms with van der Waals surface area (Å²) in [5.74, 6) is 1.31. The van der Waals surface area contributed by atoms with Crippen LogP contribution < -0.4 is 4.74 Å². The molecule has 0 radical (unpaired) electrons. The molecule has 0 bridgehead atoms. The Balaban J connectivity index is 2.08. The third-order valence-electron chi connectivity index (χ3n) is 2.43. The van der Waals surface area contributed by atoms with E-state index in [4.69, 9.17) is 14.2 Å². The van der Waals surface area contributed by atoms with E-state index in [0.29, 0.717) is 5.92 Å². The summed E-state index contributed by atoms with van der Waals surface area (Å²) >= 11 is 0. The van der Waals surface area contributed by atoms with E-state index >= 15 is 0 Å². The molecule has 0 saturated carbocycles. The van der Waals surface area contributed by atoms with Crippen LogP contribution in [0.2, 0.25) is 0 Å². The minimum Gasteiger partial charge on any atom is -0.497 e. The maximum absolute atomic E-state index is 5.60. The van der Waals surface area contributed by atoms with Gasteiger partial charge in [-0.1, -0.05) is 19.1 Å². The van der Waals surface area contributed by atoms with Crippen LogP contribution in [0.15, 0.2) is 24.3 Å². The van der Waals surface area contributed by atoms with Gasteiger partial charge < -0.3 is 14.2 Å². The van der Waals surface area contributed by atoms with Gasteiger partial charge in [0.1, 0.15) is 5.75 Å². The van der Waals surface area contributed by atoms with Crippen LogP contribution in [0.1, 0.15) is 18.8 Å². The molecule has 0 amide bonds. The summed E-state index contributed by atoms with van der Waals surface area (Å²) in [5.41, 5.74) is 1.02. The lowest BCUT2D eigenvalue weighted by atomic mass is 10.1. The SMILES string of the molecule is COc1cccc(C2OCC(C)CO2)c1. The summed E-state index contributed by atoms with van der Waals surface area (Å²) < 4.78 is 16.4. The minimum absolute atomic E-state index is 0.240. The van der Waals surface area contributed by atoms with Crippen LogP contribution in [-0.2, 0) is 9.47 Å². The number of ether oxygens (including phenoxy) is 3. The van der Waals surface area contributed by atoms with E-state index < -0.39 is 0 Å². The van der Waals surface area contributed by atoms with Gasteiger partial charge in [0, 0.05) is 11.5 Å². The summed E-state index contributed by atoms with van der Waals surface area (Å²) in [6, 6.07) is 7.79. The van der Waals surface area contributed by atoms with E-state index in [9.17, 15) is 0 Å². The molecule has 0 aliphatic carbocycles. The molecule has 3 nitrogen and oxygen atoms in total. The van der Waals surface area contributed by atoms with E-state index in [2.05, 4.69) is 6.92 Å². The first-order valence-corrected chi connectivity index (χ1v) is 5.17. The fraction of sp³-hybridized carbons (Fsp3) is 0.500. The van der Waals surface area contributed by atoms with Crippen molar-refractivity contribution in [3.63, 3.8) is 0 Å². The summed E-state index contributed by atoms with van der Waals surface area (Å²) in [6.45, 7) is 3.62. The quantitative estimate of drug-likeness (QED) is 0.746. The van der Waals surface area contributed by atoms with E-state index in [1.165, 1.54) is 0 Å². The van der Waals surface area contributed by atoms with Gasteiger partial charge in [-0.05, 0) is 12.1 Å². The molecule has 1 heterocycles.